The van der Waals surface area contributed by atoms with Crippen molar-refractivity contribution in [3.63, 3.8) is 0 Å². The normalized spacial score (nSPS) is 32.6. The van der Waals surface area contributed by atoms with Crippen LogP contribution < -0.4 is 0 Å². The Morgan fingerprint density at radius 2 is 1.50 bits per heavy atom. The highest BCUT2D eigenvalue weighted by atomic mass is 14.4. The van der Waals surface area contributed by atoms with E-state index in [2.05, 4.69) is 60.6 Å². The van der Waals surface area contributed by atoms with Crippen LogP contribution in [0.15, 0.2) is 12.2 Å². The first-order valence-electron chi connectivity index (χ1n) is 6.80. The van der Waals surface area contributed by atoms with Gasteiger partial charge in [0.15, 0.2) is 0 Å². The molecule has 0 aliphatic heterocycles. The standard InChI is InChI=1S/C16H30/c1-12-13(15(2,3)4)10-8-9-11-14(12)16(5,6)7/h8,10,12-14H,9,11H2,1-7H3/t12?,13-,14?/m0/s1. The monoisotopic (exact) mass is 222 g/mol. The summed E-state index contributed by atoms with van der Waals surface area (Å²) in [6.45, 7) is 16.8. The van der Waals surface area contributed by atoms with E-state index in [1.54, 1.807) is 0 Å². The van der Waals surface area contributed by atoms with E-state index in [-0.39, 0.29) is 0 Å². The van der Waals surface area contributed by atoms with Gasteiger partial charge in [0.25, 0.3) is 0 Å². The summed E-state index contributed by atoms with van der Waals surface area (Å²) < 4.78 is 0. The van der Waals surface area contributed by atoms with E-state index in [1.165, 1.54) is 12.8 Å². The first kappa shape index (κ1) is 13.8. The van der Waals surface area contributed by atoms with Gasteiger partial charge in [0, 0.05) is 0 Å². The number of hydrogen-bond donors (Lipinski definition) is 0. The molecule has 3 atom stereocenters. The van der Waals surface area contributed by atoms with Crippen molar-refractivity contribution in [1.82, 2.24) is 0 Å². The molecule has 1 rings (SSSR count). The van der Waals surface area contributed by atoms with Crippen molar-refractivity contribution in [2.75, 3.05) is 0 Å². The Hall–Kier alpha value is -0.260. The Morgan fingerprint density at radius 1 is 0.938 bits per heavy atom. The van der Waals surface area contributed by atoms with Crippen molar-refractivity contribution < 1.29 is 0 Å². The van der Waals surface area contributed by atoms with Gasteiger partial charge in [-0.1, -0.05) is 60.6 Å². The van der Waals surface area contributed by atoms with Crippen LogP contribution >= 0.6 is 0 Å². The number of allylic oxidation sites excluding steroid dienone is 2. The molecule has 1 aliphatic rings. The molecule has 94 valence electrons. The Bertz CT molecular complexity index is 246. The molecular weight excluding hydrogens is 192 g/mol. The zero-order chi connectivity index (χ0) is 12.6. The summed E-state index contributed by atoms with van der Waals surface area (Å²) in [7, 11) is 0. The molecule has 1 aliphatic carbocycles. The SMILES string of the molecule is CC1C(C(C)(C)C)CCC=C[C@@H]1C(C)(C)C. The first-order chi connectivity index (χ1) is 7.14. The summed E-state index contributed by atoms with van der Waals surface area (Å²) in [5.41, 5.74) is 0.832. The number of hydrogen-bond acceptors (Lipinski definition) is 0. The van der Waals surface area contributed by atoms with Crippen LogP contribution in [0.3, 0.4) is 0 Å². The van der Waals surface area contributed by atoms with Crippen LogP contribution in [0.1, 0.15) is 61.3 Å². The third-order valence-electron chi connectivity index (χ3n) is 4.30. The smallest absolute Gasteiger partial charge is 0.0156 e. The lowest BCUT2D eigenvalue weighted by Gasteiger charge is -2.42. The minimum absolute atomic E-state index is 0.393. The highest BCUT2D eigenvalue weighted by Gasteiger charge is 2.38. The molecule has 0 heterocycles. The topological polar surface area (TPSA) is 0 Å². The van der Waals surface area contributed by atoms with Crippen LogP contribution in [0.2, 0.25) is 0 Å². The Kier molecular flexibility index (Phi) is 3.92. The van der Waals surface area contributed by atoms with Crippen LogP contribution in [0.4, 0.5) is 0 Å². The molecule has 0 N–H and O–H groups in total. The maximum atomic E-state index is 2.48. The van der Waals surface area contributed by atoms with Crippen molar-refractivity contribution in [3.05, 3.63) is 12.2 Å². The molecule has 0 nitrogen and oxygen atoms in total. The van der Waals surface area contributed by atoms with Gasteiger partial charge < -0.3 is 0 Å². The van der Waals surface area contributed by atoms with Gasteiger partial charge in [-0.15, -0.1) is 0 Å². The molecule has 0 spiro atoms. The van der Waals surface area contributed by atoms with Crippen LogP contribution in [0, 0.1) is 28.6 Å². The third-order valence-corrected chi connectivity index (χ3v) is 4.30. The van der Waals surface area contributed by atoms with E-state index < -0.39 is 0 Å². The summed E-state index contributed by atoms with van der Waals surface area (Å²) in [5, 5.41) is 0. The van der Waals surface area contributed by atoms with Gasteiger partial charge in [-0.3, -0.25) is 0 Å². The van der Waals surface area contributed by atoms with Gasteiger partial charge in [-0.05, 0) is 41.4 Å². The Labute approximate surface area is 103 Å². The van der Waals surface area contributed by atoms with Gasteiger partial charge in [0.2, 0.25) is 0 Å². The molecule has 0 aromatic heterocycles. The fourth-order valence-corrected chi connectivity index (χ4v) is 3.51. The molecule has 2 unspecified atom stereocenters. The first-order valence-corrected chi connectivity index (χ1v) is 6.80. The summed E-state index contributed by atoms with van der Waals surface area (Å²) >= 11 is 0. The van der Waals surface area contributed by atoms with Crippen molar-refractivity contribution in [2.24, 2.45) is 28.6 Å². The fraction of sp³-hybridized carbons (Fsp3) is 0.875. The van der Waals surface area contributed by atoms with E-state index in [9.17, 15) is 0 Å². The quantitative estimate of drug-likeness (QED) is 0.488. The second-order valence-electron chi connectivity index (χ2n) is 7.73. The minimum atomic E-state index is 0.393. The van der Waals surface area contributed by atoms with E-state index in [0.29, 0.717) is 10.8 Å². The summed E-state index contributed by atoms with van der Waals surface area (Å²) in [4.78, 5) is 0. The molecular formula is C16H30. The molecule has 0 saturated carbocycles. The van der Waals surface area contributed by atoms with E-state index in [4.69, 9.17) is 0 Å². The lowest BCUT2D eigenvalue weighted by molar-refractivity contribution is 0.0883. The molecule has 16 heavy (non-hydrogen) atoms. The fourth-order valence-electron chi connectivity index (χ4n) is 3.51. The number of rotatable bonds is 0. The van der Waals surface area contributed by atoms with Gasteiger partial charge in [0.05, 0.1) is 0 Å². The lowest BCUT2D eigenvalue weighted by atomic mass is 9.63. The molecule has 0 heteroatoms. The summed E-state index contributed by atoms with van der Waals surface area (Å²) in [6.07, 6.45) is 7.52. The highest BCUT2D eigenvalue weighted by Crippen LogP contribution is 2.46. The van der Waals surface area contributed by atoms with Gasteiger partial charge in [-0.25, -0.2) is 0 Å². The molecule has 0 radical (unpaired) electrons. The Morgan fingerprint density at radius 3 is 1.94 bits per heavy atom. The van der Waals surface area contributed by atoms with E-state index in [1.807, 2.05) is 0 Å². The minimum Gasteiger partial charge on any atom is -0.0882 e. The van der Waals surface area contributed by atoms with Crippen LogP contribution in [0.25, 0.3) is 0 Å². The van der Waals surface area contributed by atoms with Crippen molar-refractivity contribution in [2.45, 2.75) is 61.3 Å². The lowest BCUT2D eigenvalue weighted by Crippen LogP contribution is -2.34. The largest absolute Gasteiger partial charge is 0.0882 e. The maximum Gasteiger partial charge on any atom is -0.0156 e. The molecule has 0 fully saturated rings. The summed E-state index contributed by atoms with van der Waals surface area (Å²) in [6, 6.07) is 0. The molecule has 0 bridgehead atoms. The molecule has 0 aromatic rings. The molecule has 0 saturated heterocycles. The zero-order valence-electron chi connectivity index (χ0n) is 12.3. The Balaban J connectivity index is 2.95. The predicted octanol–water partition coefficient (Wildman–Crippen LogP) is 5.30. The second kappa shape index (κ2) is 4.55. The van der Waals surface area contributed by atoms with Crippen molar-refractivity contribution in [3.8, 4) is 0 Å². The predicted molar refractivity (Wildman–Crippen MR) is 73.4 cm³/mol. The summed E-state index contributed by atoms with van der Waals surface area (Å²) in [5.74, 6) is 2.35. The third kappa shape index (κ3) is 3.12. The van der Waals surface area contributed by atoms with Crippen LogP contribution in [-0.2, 0) is 0 Å². The van der Waals surface area contributed by atoms with E-state index >= 15 is 0 Å². The van der Waals surface area contributed by atoms with Gasteiger partial charge >= 0.3 is 0 Å². The van der Waals surface area contributed by atoms with Crippen molar-refractivity contribution in [1.29, 1.82) is 0 Å². The zero-order valence-corrected chi connectivity index (χ0v) is 12.3. The maximum absolute atomic E-state index is 2.48. The van der Waals surface area contributed by atoms with Crippen LogP contribution in [0.5, 0.6) is 0 Å². The average Bonchev–Trinajstić information content (AvgIpc) is 2.23. The van der Waals surface area contributed by atoms with Gasteiger partial charge in [-0.2, -0.15) is 0 Å². The van der Waals surface area contributed by atoms with Crippen molar-refractivity contribution >= 4 is 0 Å². The van der Waals surface area contributed by atoms with Crippen LogP contribution in [-0.4, -0.2) is 0 Å². The second-order valence-corrected chi connectivity index (χ2v) is 7.73. The molecule has 0 amide bonds. The molecule has 0 aromatic carbocycles. The van der Waals surface area contributed by atoms with E-state index in [0.717, 1.165) is 17.8 Å². The highest BCUT2D eigenvalue weighted by molar-refractivity contribution is 5.02. The average molecular weight is 222 g/mol. The van der Waals surface area contributed by atoms with Gasteiger partial charge in [0.1, 0.15) is 0 Å².